The highest BCUT2D eigenvalue weighted by Gasteiger charge is 2.34. The summed E-state index contributed by atoms with van der Waals surface area (Å²) in [6, 6.07) is -0.902. The summed E-state index contributed by atoms with van der Waals surface area (Å²) in [5, 5.41) is 8.10. The van der Waals surface area contributed by atoms with E-state index in [1.54, 1.807) is 41.5 Å². The largest absolute Gasteiger partial charge is 0.444 e. The van der Waals surface area contributed by atoms with Crippen LogP contribution in [0.4, 0.5) is 9.59 Å². The van der Waals surface area contributed by atoms with Gasteiger partial charge in [0.05, 0.1) is 0 Å². The van der Waals surface area contributed by atoms with Gasteiger partial charge in [0.25, 0.3) is 11.8 Å². The maximum absolute atomic E-state index is 12.9. The van der Waals surface area contributed by atoms with Crippen LogP contribution in [0.1, 0.15) is 67.7 Å². The molecule has 0 aromatic rings. The number of carbonyl (C=O) groups excluding carboxylic acids is 5. The lowest BCUT2D eigenvalue weighted by atomic mass is 9.98. The molecule has 3 N–H and O–H groups in total. The zero-order valence-electron chi connectivity index (χ0n) is 19.2. The standard InChI is InChI=1S/C20H34N4O7/c1-8-12(4)15(21-18(28)30-20(5,6)7)17(27)22-16(11(2)3)23-19(29)31-24-13(25)9-10-14(24)26/h11-12,15-16H,8-10H2,1-7H3,(H,21,28)(H,22,27)(H,23,29)/t12-,15-,16+/m0/s1. The topological polar surface area (TPSA) is 143 Å². The minimum Gasteiger partial charge on any atom is -0.444 e. The van der Waals surface area contributed by atoms with Crippen molar-refractivity contribution in [3.8, 4) is 0 Å². The first kappa shape index (κ1) is 26.2. The van der Waals surface area contributed by atoms with Crippen LogP contribution in [0.5, 0.6) is 0 Å². The third-order valence-electron chi connectivity index (χ3n) is 4.59. The van der Waals surface area contributed by atoms with E-state index >= 15 is 0 Å². The second kappa shape index (κ2) is 11.0. The van der Waals surface area contributed by atoms with Crippen molar-refractivity contribution in [3.05, 3.63) is 0 Å². The highest BCUT2D eigenvalue weighted by molar-refractivity contribution is 6.01. The van der Waals surface area contributed by atoms with Crippen molar-refractivity contribution in [2.75, 3.05) is 0 Å². The van der Waals surface area contributed by atoms with Crippen LogP contribution in [0.25, 0.3) is 0 Å². The molecule has 1 aliphatic heterocycles. The van der Waals surface area contributed by atoms with Crippen molar-refractivity contribution in [1.29, 1.82) is 0 Å². The van der Waals surface area contributed by atoms with Gasteiger partial charge in [-0.05, 0) is 32.6 Å². The van der Waals surface area contributed by atoms with E-state index in [1.165, 1.54) is 0 Å². The number of nitrogens with one attached hydrogen (secondary N) is 3. The minimum absolute atomic E-state index is 0.0244. The van der Waals surface area contributed by atoms with Gasteiger partial charge >= 0.3 is 12.2 Å². The number of nitrogens with zero attached hydrogens (tertiary/aromatic N) is 1. The Hall–Kier alpha value is -2.85. The zero-order chi connectivity index (χ0) is 23.9. The Morgan fingerprint density at radius 3 is 1.97 bits per heavy atom. The van der Waals surface area contributed by atoms with Crippen molar-refractivity contribution < 1.29 is 33.5 Å². The molecule has 5 amide bonds. The van der Waals surface area contributed by atoms with Gasteiger partial charge < -0.3 is 20.2 Å². The molecule has 1 aliphatic rings. The molecule has 0 radical (unpaired) electrons. The Morgan fingerprint density at radius 2 is 1.52 bits per heavy atom. The molecule has 31 heavy (non-hydrogen) atoms. The highest BCUT2D eigenvalue weighted by Crippen LogP contribution is 2.14. The molecule has 176 valence electrons. The molecule has 1 heterocycles. The number of amides is 5. The molecule has 0 unspecified atom stereocenters. The summed E-state index contributed by atoms with van der Waals surface area (Å²) in [5.74, 6) is -2.22. The van der Waals surface area contributed by atoms with Crippen LogP contribution in [-0.2, 0) is 24.0 Å². The fourth-order valence-electron chi connectivity index (χ4n) is 2.64. The molecule has 1 rings (SSSR count). The monoisotopic (exact) mass is 442 g/mol. The van der Waals surface area contributed by atoms with Crippen molar-refractivity contribution in [1.82, 2.24) is 21.0 Å². The molecule has 3 atom stereocenters. The number of imide groups is 1. The summed E-state index contributed by atoms with van der Waals surface area (Å²) in [7, 11) is 0. The molecule has 0 aromatic carbocycles. The van der Waals surface area contributed by atoms with Gasteiger partial charge in [-0.1, -0.05) is 34.1 Å². The van der Waals surface area contributed by atoms with Crippen LogP contribution in [0.3, 0.4) is 0 Å². The van der Waals surface area contributed by atoms with Gasteiger partial charge in [-0.25, -0.2) is 9.59 Å². The lowest BCUT2D eigenvalue weighted by Crippen LogP contribution is -2.58. The van der Waals surface area contributed by atoms with E-state index in [2.05, 4.69) is 16.0 Å². The lowest BCUT2D eigenvalue weighted by molar-refractivity contribution is -0.171. The normalized spacial score (nSPS) is 17.1. The van der Waals surface area contributed by atoms with E-state index < -0.39 is 47.7 Å². The van der Waals surface area contributed by atoms with E-state index in [-0.39, 0.29) is 24.7 Å². The van der Waals surface area contributed by atoms with Gasteiger partial charge in [0.2, 0.25) is 5.91 Å². The third-order valence-corrected chi connectivity index (χ3v) is 4.59. The molecule has 0 spiro atoms. The number of ether oxygens (including phenoxy) is 1. The number of alkyl carbamates (subject to hydrolysis) is 1. The van der Waals surface area contributed by atoms with Crippen LogP contribution in [0.2, 0.25) is 0 Å². The number of hydrogen-bond acceptors (Lipinski definition) is 7. The number of carbonyl (C=O) groups is 5. The van der Waals surface area contributed by atoms with Gasteiger partial charge in [0.15, 0.2) is 0 Å². The predicted molar refractivity (Wildman–Crippen MR) is 110 cm³/mol. The van der Waals surface area contributed by atoms with Crippen molar-refractivity contribution in [2.24, 2.45) is 11.8 Å². The number of hydroxylamine groups is 2. The summed E-state index contributed by atoms with van der Waals surface area (Å²) in [4.78, 5) is 65.2. The summed E-state index contributed by atoms with van der Waals surface area (Å²) >= 11 is 0. The van der Waals surface area contributed by atoms with E-state index in [4.69, 9.17) is 9.57 Å². The molecule has 1 saturated heterocycles. The van der Waals surface area contributed by atoms with Gasteiger partial charge in [-0.2, -0.15) is 0 Å². The van der Waals surface area contributed by atoms with E-state index in [9.17, 15) is 24.0 Å². The average Bonchev–Trinajstić information content (AvgIpc) is 2.95. The molecule has 1 fully saturated rings. The summed E-state index contributed by atoms with van der Waals surface area (Å²) in [6.45, 7) is 12.3. The van der Waals surface area contributed by atoms with E-state index in [0.717, 1.165) is 0 Å². The second-order valence-corrected chi connectivity index (χ2v) is 8.84. The molecular formula is C20H34N4O7. The first-order valence-corrected chi connectivity index (χ1v) is 10.4. The number of hydrogen-bond donors (Lipinski definition) is 3. The smallest absolute Gasteiger partial charge is 0.433 e. The maximum Gasteiger partial charge on any atom is 0.433 e. The first-order chi connectivity index (χ1) is 14.2. The first-order valence-electron chi connectivity index (χ1n) is 10.4. The maximum atomic E-state index is 12.9. The minimum atomic E-state index is -1.05. The Labute approximate surface area is 182 Å². The van der Waals surface area contributed by atoms with Crippen LogP contribution in [0.15, 0.2) is 0 Å². The highest BCUT2D eigenvalue weighted by atomic mass is 16.7. The van der Waals surface area contributed by atoms with Gasteiger partial charge in [-0.3, -0.25) is 19.7 Å². The fourth-order valence-corrected chi connectivity index (χ4v) is 2.64. The summed E-state index contributed by atoms with van der Waals surface area (Å²) < 4.78 is 5.24. The SMILES string of the molecule is CC[C@H](C)[C@H](NC(=O)OC(C)(C)C)C(=O)N[C@H](NC(=O)ON1C(=O)CCC1=O)C(C)C. The number of rotatable bonds is 8. The molecule has 0 bridgehead atoms. The second-order valence-electron chi connectivity index (χ2n) is 8.84. The van der Waals surface area contributed by atoms with Crippen molar-refractivity contribution in [3.63, 3.8) is 0 Å². The Bertz CT molecular complexity index is 686. The summed E-state index contributed by atoms with van der Waals surface area (Å²) in [6.07, 6.45) is -2.10. The van der Waals surface area contributed by atoms with Crippen LogP contribution in [-0.4, -0.2) is 52.8 Å². The molecule has 11 nitrogen and oxygen atoms in total. The third kappa shape index (κ3) is 8.42. The Kier molecular flexibility index (Phi) is 9.26. The van der Waals surface area contributed by atoms with Gasteiger partial charge in [-0.15, -0.1) is 5.06 Å². The van der Waals surface area contributed by atoms with Crippen LogP contribution in [0, 0.1) is 11.8 Å². The van der Waals surface area contributed by atoms with Crippen molar-refractivity contribution >= 4 is 29.9 Å². The molecular weight excluding hydrogens is 408 g/mol. The quantitative estimate of drug-likeness (QED) is 0.384. The molecule has 0 saturated carbocycles. The molecule has 11 heteroatoms. The molecule has 0 aromatic heterocycles. The Balaban J connectivity index is 2.81. The zero-order valence-corrected chi connectivity index (χ0v) is 19.2. The van der Waals surface area contributed by atoms with E-state index in [1.807, 2.05) is 6.92 Å². The summed E-state index contributed by atoms with van der Waals surface area (Å²) in [5.41, 5.74) is -0.725. The molecule has 0 aliphatic carbocycles. The van der Waals surface area contributed by atoms with Gasteiger partial charge in [0, 0.05) is 12.8 Å². The lowest BCUT2D eigenvalue weighted by Gasteiger charge is -2.29. The Morgan fingerprint density at radius 1 is 0.968 bits per heavy atom. The van der Waals surface area contributed by atoms with Crippen LogP contribution < -0.4 is 16.0 Å². The van der Waals surface area contributed by atoms with Crippen LogP contribution >= 0.6 is 0 Å². The van der Waals surface area contributed by atoms with E-state index in [0.29, 0.717) is 11.5 Å². The average molecular weight is 443 g/mol. The van der Waals surface area contributed by atoms with Crippen molar-refractivity contribution in [2.45, 2.75) is 85.5 Å². The fraction of sp³-hybridized carbons (Fsp3) is 0.750. The predicted octanol–water partition coefficient (Wildman–Crippen LogP) is 1.81. The van der Waals surface area contributed by atoms with Gasteiger partial charge in [0.1, 0.15) is 17.8 Å².